The molecule has 1 N–H and O–H groups in total. The maximum Gasteiger partial charge on any atom is 0.0541 e. The van der Waals surface area contributed by atoms with Gasteiger partial charge in [0.1, 0.15) is 0 Å². The predicted molar refractivity (Wildman–Crippen MR) is 63.8 cm³/mol. The lowest BCUT2D eigenvalue weighted by Crippen LogP contribution is -2.37. The Bertz CT molecular complexity index is 174. The summed E-state index contributed by atoms with van der Waals surface area (Å²) in [6, 6.07) is 0. The molecule has 1 rings (SSSR count). The highest BCUT2D eigenvalue weighted by atomic mass is 32.1. The van der Waals surface area contributed by atoms with Crippen molar-refractivity contribution in [3.8, 4) is 0 Å². The standard InChI is InChI=1S/C11H21NOS/c1-10(13)11-4-7-12(8-5-11)6-2-3-9-14/h2-3,10-11,13-14H,4-9H2,1H3/b3-2+. The molecule has 1 fully saturated rings. The van der Waals surface area contributed by atoms with Crippen LogP contribution in [-0.2, 0) is 0 Å². The summed E-state index contributed by atoms with van der Waals surface area (Å²) in [7, 11) is 0. The van der Waals surface area contributed by atoms with Crippen molar-refractivity contribution in [3.05, 3.63) is 12.2 Å². The average Bonchev–Trinajstić information content (AvgIpc) is 2.19. The van der Waals surface area contributed by atoms with Crippen LogP contribution < -0.4 is 0 Å². The molecule has 3 heteroatoms. The molecule has 0 aromatic rings. The second-order valence-electron chi connectivity index (χ2n) is 4.03. The summed E-state index contributed by atoms with van der Waals surface area (Å²) in [5.74, 6) is 1.34. The number of thiol groups is 1. The fraction of sp³-hybridized carbons (Fsp3) is 0.818. The van der Waals surface area contributed by atoms with Crippen LogP contribution in [0.3, 0.4) is 0 Å². The van der Waals surface area contributed by atoms with Crippen molar-refractivity contribution in [1.82, 2.24) is 4.90 Å². The lowest BCUT2D eigenvalue weighted by Gasteiger charge is -2.32. The van der Waals surface area contributed by atoms with Crippen molar-refractivity contribution >= 4 is 12.6 Å². The lowest BCUT2D eigenvalue weighted by atomic mass is 9.92. The van der Waals surface area contributed by atoms with Crippen molar-refractivity contribution in [2.45, 2.75) is 25.9 Å². The molecule has 1 aliphatic heterocycles. The van der Waals surface area contributed by atoms with Crippen LogP contribution in [-0.4, -0.2) is 41.5 Å². The van der Waals surface area contributed by atoms with E-state index in [2.05, 4.69) is 29.7 Å². The van der Waals surface area contributed by atoms with Gasteiger partial charge < -0.3 is 5.11 Å². The predicted octanol–water partition coefficient (Wildman–Crippen LogP) is 1.57. The molecule has 1 unspecified atom stereocenters. The highest BCUT2D eigenvalue weighted by Gasteiger charge is 2.21. The van der Waals surface area contributed by atoms with Gasteiger partial charge in [-0.1, -0.05) is 12.2 Å². The average molecular weight is 215 g/mol. The highest BCUT2D eigenvalue weighted by molar-refractivity contribution is 7.80. The monoisotopic (exact) mass is 215 g/mol. The maximum atomic E-state index is 9.43. The summed E-state index contributed by atoms with van der Waals surface area (Å²) < 4.78 is 0. The minimum Gasteiger partial charge on any atom is -0.393 e. The molecule has 0 amide bonds. The molecule has 0 aliphatic carbocycles. The lowest BCUT2D eigenvalue weighted by molar-refractivity contribution is 0.0756. The summed E-state index contributed by atoms with van der Waals surface area (Å²) >= 11 is 4.12. The van der Waals surface area contributed by atoms with Gasteiger partial charge in [0.25, 0.3) is 0 Å². The first-order chi connectivity index (χ1) is 6.74. The van der Waals surface area contributed by atoms with E-state index in [-0.39, 0.29) is 6.10 Å². The van der Waals surface area contributed by atoms with Crippen molar-refractivity contribution < 1.29 is 5.11 Å². The van der Waals surface area contributed by atoms with Crippen LogP contribution >= 0.6 is 12.6 Å². The fourth-order valence-electron chi connectivity index (χ4n) is 1.92. The zero-order valence-corrected chi connectivity index (χ0v) is 9.79. The van der Waals surface area contributed by atoms with E-state index in [1.165, 1.54) is 0 Å². The zero-order chi connectivity index (χ0) is 10.4. The van der Waals surface area contributed by atoms with Gasteiger partial charge in [-0.3, -0.25) is 4.90 Å². The number of rotatable bonds is 4. The minimum absolute atomic E-state index is 0.134. The number of nitrogens with zero attached hydrogens (tertiary/aromatic N) is 1. The molecule has 1 saturated heterocycles. The van der Waals surface area contributed by atoms with Crippen LogP contribution in [0.5, 0.6) is 0 Å². The summed E-state index contributed by atoms with van der Waals surface area (Å²) in [5, 5.41) is 9.43. The van der Waals surface area contributed by atoms with E-state index in [0.29, 0.717) is 5.92 Å². The van der Waals surface area contributed by atoms with Gasteiger partial charge in [0, 0.05) is 12.3 Å². The Kier molecular flexibility index (Phi) is 5.60. The molecule has 0 saturated carbocycles. The van der Waals surface area contributed by atoms with Gasteiger partial charge in [0.15, 0.2) is 0 Å². The van der Waals surface area contributed by atoms with E-state index in [1.54, 1.807) is 0 Å². The zero-order valence-electron chi connectivity index (χ0n) is 8.89. The van der Waals surface area contributed by atoms with Gasteiger partial charge in [0.05, 0.1) is 6.10 Å². The Morgan fingerprint density at radius 3 is 2.57 bits per heavy atom. The van der Waals surface area contributed by atoms with Crippen LogP contribution in [0.25, 0.3) is 0 Å². The third-order valence-corrected chi connectivity index (χ3v) is 3.16. The van der Waals surface area contributed by atoms with E-state index in [9.17, 15) is 5.11 Å². The van der Waals surface area contributed by atoms with Crippen molar-refractivity contribution in [2.24, 2.45) is 5.92 Å². The van der Waals surface area contributed by atoms with Gasteiger partial charge in [0.2, 0.25) is 0 Å². The number of hydrogen-bond donors (Lipinski definition) is 2. The molecular formula is C11H21NOS. The van der Waals surface area contributed by atoms with Crippen LogP contribution in [0.1, 0.15) is 19.8 Å². The van der Waals surface area contributed by atoms with E-state index in [1.807, 2.05) is 6.92 Å². The van der Waals surface area contributed by atoms with Crippen LogP contribution in [0.2, 0.25) is 0 Å². The normalized spacial score (nSPS) is 23.1. The first kappa shape index (κ1) is 12.1. The number of aliphatic hydroxyl groups excluding tert-OH is 1. The first-order valence-electron chi connectivity index (χ1n) is 5.40. The second-order valence-corrected chi connectivity index (χ2v) is 4.40. The number of piperidine rings is 1. The molecule has 0 bridgehead atoms. The van der Waals surface area contributed by atoms with Gasteiger partial charge in [-0.25, -0.2) is 0 Å². The second kappa shape index (κ2) is 6.49. The third-order valence-electron chi connectivity index (χ3n) is 2.95. The maximum absolute atomic E-state index is 9.43. The SMILES string of the molecule is CC(O)C1CCN(C/C=C/CS)CC1. The Balaban J connectivity index is 2.19. The number of aliphatic hydroxyl groups is 1. The molecule has 82 valence electrons. The molecule has 1 aliphatic rings. The van der Waals surface area contributed by atoms with Crippen LogP contribution in [0.15, 0.2) is 12.2 Å². The quantitative estimate of drug-likeness (QED) is 0.549. The Labute approximate surface area is 92.4 Å². The van der Waals surface area contributed by atoms with Crippen molar-refractivity contribution in [1.29, 1.82) is 0 Å². The molecule has 14 heavy (non-hydrogen) atoms. The van der Waals surface area contributed by atoms with E-state index in [4.69, 9.17) is 0 Å². The van der Waals surface area contributed by atoms with Crippen LogP contribution in [0, 0.1) is 5.92 Å². The molecule has 2 nitrogen and oxygen atoms in total. The number of hydrogen-bond acceptors (Lipinski definition) is 3. The molecule has 1 atom stereocenters. The van der Waals surface area contributed by atoms with Gasteiger partial charge in [-0.05, 0) is 38.8 Å². The molecule has 0 spiro atoms. The summed E-state index contributed by atoms with van der Waals surface area (Å²) in [6.07, 6.45) is 6.39. The van der Waals surface area contributed by atoms with Gasteiger partial charge in [-0.2, -0.15) is 12.6 Å². The smallest absolute Gasteiger partial charge is 0.0541 e. The molecule has 1 heterocycles. The number of likely N-dealkylation sites (tertiary alicyclic amines) is 1. The van der Waals surface area contributed by atoms with E-state index < -0.39 is 0 Å². The summed E-state index contributed by atoms with van der Waals surface area (Å²) in [6.45, 7) is 5.17. The Morgan fingerprint density at radius 2 is 2.07 bits per heavy atom. The van der Waals surface area contributed by atoms with Gasteiger partial charge in [-0.15, -0.1) is 0 Å². The molecule has 0 aromatic heterocycles. The molecular weight excluding hydrogens is 194 g/mol. The summed E-state index contributed by atoms with van der Waals surface area (Å²) in [5.41, 5.74) is 0. The summed E-state index contributed by atoms with van der Waals surface area (Å²) in [4.78, 5) is 2.43. The molecule has 0 aromatic carbocycles. The topological polar surface area (TPSA) is 23.5 Å². The Hall–Kier alpha value is 0.01000. The fourth-order valence-corrected chi connectivity index (χ4v) is 2.07. The van der Waals surface area contributed by atoms with Gasteiger partial charge >= 0.3 is 0 Å². The first-order valence-corrected chi connectivity index (χ1v) is 6.03. The van der Waals surface area contributed by atoms with E-state index >= 15 is 0 Å². The highest BCUT2D eigenvalue weighted by Crippen LogP contribution is 2.20. The molecule has 0 radical (unpaired) electrons. The largest absolute Gasteiger partial charge is 0.393 e. The minimum atomic E-state index is -0.134. The van der Waals surface area contributed by atoms with Crippen LogP contribution in [0.4, 0.5) is 0 Å². The van der Waals surface area contributed by atoms with Crippen molar-refractivity contribution in [2.75, 3.05) is 25.4 Å². The van der Waals surface area contributed by atoms with Crippen molar-refractivity contribution in [3.63, 3.8) is 0 Å². The van der Waals surface area contributed by atoms with E-state index in [0.717, 1.165) is 38.2 Å². The third kappa shape index (κ3) is 4.03. The Morgan fingerprint density at radius 1 is 1.43 bits per heavy atom.